The zero-order valence-corrected chi connectivity index (χ0v) is 11.1. The predicted octanol–water partition coefficient (Wildman–Crippen LogP) is 2.72. The van der Waals surface area contributed by atoms with Gasteiger partial charge < -0.3 is 15.8 Å². The van der Waals surface area contributed by atoms with E-state index in [1.165, 1.54) is 0 Å². The summed E-state index contributed by atoms with van der Waals surface area (Å²) in [5.74, 6) is 0.794. The molecule has 0 saturated carbocycles. The number of nitrogens with zero attached hydrogens (tertiary/aromatic N) is 1. The first-order valence-corrected chi connectivity index (χ1v) is 6.45. The second kappa shape index (κ2) is 6.64. The van der Waals surface area contributed by atoms with Crippen molar-refractivity contribution in [2.45, 2.75) is 13.3 Å². The maximum absolute atomic E-state index is 5.84. The molecule has 0 spiro atoms. The van der Waals surface area contributed by atoms with Crippen molar-refractivity contribution in [3.63, 3.8) is 0 Å². The molecule has 3 N–H and O–H groups in total. The van der Waals surface area contributed by atoms with Crippen LogP contribution in [0.3, 0.4) is 0 Å². The number of rotatable bonds is 6. The van der Waals surface area contributed by atoms with Crippen LogP contribution in [-0.4, -0.2) is 18.1 Å². The van der Waals surface area contributed by atoms with Crippen molar-refractivity contribution in [1.82, 2.24) is 4.98 Å². The summed E-state index contributed by atoms with van der Waals surface area (Å²) in [7, 11) is 0. The van der Waals surface area contributed by atoms with Gasteiger partial charge in [0, 0.05) is 48.4 Å². The fraction of sp³-hybridized carbons (Fsp3) is 0.267. The highest BCUT2D eigenvalue weighted by Gasteiger charge is 2.00. The Kier molecular flexibility index (Phi) is 4.61. The number of nitrogens with one attached hydrogen (secondary N) is 1. The number of aromatic nitrogens is 1. The van der Waals surface area contributed by atoms with Crippen molar-refractivity contribution in [3.05, 3.63) is 48.3 Å². The number of anilines is 2. The van der Waals surface area contributed by atoms with Crippen molar-refractivity contribution < 1.29 is 4.74 Å². The minimum Gasteiger partial charge on any atom is -0.494 e. The van der Waals surface area contributed by atoms with Gasteiger partial charge in [0.15, 0.2) is 0 Å². The first-order chi connectivity index (χ1) is 9.28. The number of nitrogens with two attached hydrogens (primary N) is 1. The quantitative estimate of drug-likeness (QED) is 0.781. The number of nitrogen functional groups attached to an aromatic ring is 1. The summed E-state index contributed by atoms with van der Waals surface area (Å²) in [6.07, 6.45) is 2.68. The Morgan fingerprint density at radius 2 is 2.16 bits per heavy atom. The van der Waals surface area contributed by atoms with Crippen LogP contribution in [0, 0.1) is 0 Å². The van der Waals surface area contributed by atoms with Crippen molar-refractivity contribution in [2.24, 2.45) is 0 Å². The zero-order valence-electron chi connectivity index (χ0n) is 11.1. The molecule has 2 aromatic rings. The van der Waals surface area contributed by atoms with E-state index in [9.17, 15) is 0 Å². The third kappa shape index (κ3) is 4.17. The molecule has 0 aliphatic rings. The molecule has 0 aliphatic carbocycles. The summed E-state index contributed by atoms with van der Waals surface area (Å²) in [6.45, 7) is 3.40. The summed E-state index contributed by atoms with van der Waals surface area (Å²) in [5, 5.41) is 3.33. The highest BCUT2D eigenvalue weighted by molar-refractivity contribution is 5.59. The van der Waals surface area contributed by atoms with Gasteiger partial charge in [-0.2, -0.15) is 0 Å². The second-order valence-corrected chi connectivity index (χ2v) is 4.22. The van der Waals surface area contributed by atoms with Crippen molar-refractivity contribution in [2.75, 3.05) is 24.2 Å². The van der Waals surface area contributed by atoms with Gasteiger partial charge in [-0.05, 0) is 25.1 Å². The Bertz CT molecular complexity index is 514. The van der Waals surface area contributed by atoms with Gasteiger partial charge >= 0.3 is 0 Å². The molecular formula is C15H19N3O. The van der Waals surface area contributed by atoms with Gasteiger partial charge in [0.25, 0.3) is 0 Å². The van der Waals surface area contributed by atoms with E-state index in [1.807, 2.05) is 49.5 Å². The van der Waals surface area contributed by atoms with Crippen LogP contribution in [0.4, 0.5) is 11.4 Å². The van der Waals surface area contributed by atoms with Crippen molar-refractivity contribution in [1.29, 1.82) is 0 Å². The molecular weight excluding hydrogens is 238 g/mol. The maximum atomic E-state index is 5.84. The Morgan fingerprint density at radius 3 is 2.89 bits per heavy atom. The average molecular weight is 257 g/mol. The van der Waals surface area contributed by atoms with E-state index in [0.29, 0.717) is 12.3 Å². The molecule has 4 heteroatoms. The molecule has 0 atom stereocenters. The van der Waals surface area contributed by atoms with Crippen molar-refractivity contribution in [3.8, 4) is 5.75 Å². The van der Waals surface area contributed by atoms with Crippen LogP contribution in [0.5, 0.6) is 5.75 Å². The summed E-state index contributed by atoms with van der Waals surface area (Å²) >= 11 is 0. The number of pyridine rings is 1. The lowest BCUT2D eigenvalue weighted by Gasteiger charge is -2.10. The average Bonchev–Trinajstić information content (AvgIpc) is 2.40. The molecule has 0 amide bonds. The smallest absolute Gasteiger partial charge is 0.123 e. The summed E-state index contributed by atoms with van der Waals surface area (Å²) in [4.78, 5) is 4.29. The summed E-state index contributed by atoms with van der Waals surface area (Å²) < 4.78 is 5.46. The number of hydrogen-bond acceptors (Lipinski definition) is 4. The van der Waals surface area contributed by atoms with E-state index in [1.54, 1.807) is 0 Å². The van der Waals surface area contributed by atoms with Gasteiger partial charge in [0.1, 0.15) is 5.75 Å². The van der Waals surface area contributed by atoms with Gasteiger partial charge in [-0.25, -0.2) is 0 Å². The highest BCUT2D eigenvalue weighted by atomic mass is 16.5. The Labute approximate surface area is 113 Å². The zero-order chi connectivity index (χ0) is 13.5. The Balaban J connectivity index is 1.92. The monoisotopic (exact) mass is 257 g/mol. The van der Waals surface area contributed by atoms with Crippen LogP contribution < -0.4 is 15.8 Å². The minimum absolute atomic E-state index is 0.636. The molecule has 2 rings (SSSR count). The lowest BCUT2D eigenvalue weighted by Crippen LogP contribution is -2.06. The second-order valence-electron chi connectivity index (χ2n) is 4.22. The van der Waals surface area contributed by atoms with Gasteiger partial charge in [-0.3, -0.25) is 4.98 Å². The molecule has 0 bridgehead atoms. The SMILES string of the molecule is CCOc1cc(N)cc(NCCc2ccccn2)c1. The van der Waals surface area contributed by atoms with Crippen molar-refractivity contribution >= 4 is 11.4 Å². The molecule has 0 aliphatic heterocycles. The molecule has 1 aromatic heterocycles. The first kappa shape index (κ1) is 13.2. The van der Waals surface area contributed by atoms with Crippen LogP contribution in [0.2, 0.25) is 0 Å². The standard InChI is InChI=1S/C15H19N3O/c1-2-19-15-10-12(16)9-14(11-15)18-8-6-13-5-3-4-7-17-13/h3-5,7,9-11,18H,2,6,8,16H2,1H3. The maximum Gasteiger partial charge on any atom is 0.123 e. The van der Waals surface area contributed by atoms with E-state index in [4.69, 9.17) is 10.5 Å². The molecule has 0 unspecified atom stereocenters. The molecule has 1 heterocycles. The van der Waals surface area contributed by atoms with E-state index in [2.05, 4.69) is 10.3 Å². The number of hydrogen-bond donors (Lipinski definition) is 2. The van der Waals surface area contributed by atoms with Crippen LogP contribution in [-0.2, 0) is 6.42 Å². The van der Waals surface area contributed by atoms with Crippen LogP contribution >= 0.6 is 0 Å². The van der Waals surface area contributed by atoms with E-state index >= 15 is 0 Å². The van der Waals surface area contributed by atoms with Gasteiger partial charge in [-0.1, -0.05) is 6.07 Å². The fourth-order valence-electron chi connectivity index (χ4n) is 1.86. The van der Waals surface area contributed by atoms with Gasteiger partial charge in [-0.15, -0.1) is 0 Å². The number of benzene rings is 1. The molecule has 1 aromatic carbocycles. The largest absolute Gasteiger partial charge is 0.494 e. The summed E-state index contributed by atoms with van der Waals surface area (Å²) in [5.41, 5.74) is 8.59. The first-order valence-electron chi connectivity index (χ1n) is 6.45. The third-order valence-corrected chi connectivity index (χ3v) is 2.68. The van der Waals surface area contributed by atoms with Gasteiger partial charge in [0.2, 0.25) is 0 Å². The molecule has 19 heavy (non-hydrogen) atoms. The van der Waals surface area contributed by atoms with Crippen LogP contribution in [0.15, 0.2) is 42.6 Å². The van der Waals surface area contributed by atoms with E-state index in [-0.39, 0.29) is 0 Å². The van der Waals surface area contributed by atoms with Gasteiger partial charge in [0.05, 0.1) is 6.61 Å². The molecule has 100 valence electrons. The predicted molar refractivity (Wildman–Crippen MR) is 78.5 cm³/mol. The molecule has 4 nitrogen and oxygen atoms in total. The topological polar surface area (TPSA) is 60.2 Å². The van der Waals surface area contributed by atoms with Crippen LogP contribution in [0.1, 0.15) is 12.6 Å². The Morgan fingerprint density at radius 1 is 1.26 bits per heavy atom. The van der Waals surface area contributed by atoms with Crippen LogP contribution in [0.25, 0.3) is 0 Å². The fourth-order valence-corrected chi connectivity index (χ4v) is 1.86. The number of ether oxygens (including phenoxy) is 1. The summed E-state index contributed by atoms with van der Waals surface area (Å²) in [6, 6.07) is 11.6. The lowest BCUT2D eigenvalue weighted by atomic mass is 10.2. The van der Waals surface area contributed by atoms with E-state index in [0.717, 1.165) is 30.1 Å². The Hall–Kier alpha value is -2.23. The highest BCUT2D eigenvalue weighted by Crippen LogP contribution is 2.22. The normalized spacial score (nSPS) is 10.2. The minimum atomic E-state index is 0.636. The molecule has 0 saturated heterocycles. The third-order valence-electron chi connectivity index (χ3n) is 2.68. The lowest BCUT2D eigenvalue weighted by molar-refractivity contribution is 0.340. The molecule has 0 radical (unpaired) electrons. The molecule has 0 fully saturated rings. The van der Waals surface area contributed by atoms with E-state index < -0.39 is 0 Å².